The third kappa shape index (κ3) is 2.86. The van der Waals surface area contributed by atoms with Crippen molar-refractivity contribution in [2.45, 2.75) is 11.3 Å². The van der Waals surface area contributed by atoms with Gasteiger partial charge < -0.3 is 0 Å². The fraction of sp³-hybridized carbons (Fsp3) is 0.167. The molecule has 120 valence electrons. The summed E-state index contributed by atoms with van der Waals surface area (Å²) in [4.78, 5) is 14.8. The number of hydrogen-bond acceptors (Lipinski definition) is 6. The van der Waals surface area contributed by atoms with E-state index >= 15 is 0 Å². The van der Waals surface area contributed by atoms with E-state index in [0.717, 1.165) is 18.5 Å². The summed E-state index contributed by atoms with van der Waals surface area (Å²) in [5.74, 6) is -0.172. The first kappa shape index (κ1) is 15.3. The number of imidazole rings is 1. The predicted octanol–water partition coefficient (Wildman–Crippen LogP) is 1.61. The molecule has 0 fully saturated rings. The number of alkyl halides is 3. The van der Waals surface area contributed by atoms with Crippen molar-refractivity contribution in [3.63, 3.8) is 0 Å². The van der Waals surface area contributed by atoms with Gasteiger partial charge in [-0.15, -0.1) is 0 Å². The molecule has 0 unspecified atom stereocenters. The van der Waals surface area contributed by atoms with Crippen molar-refractivity contribution in [3.05, 3.63) is 36.4 Å². The second kappa shape index (κ2) is 4.98. The average molecular weight is 343 g/mol. The molecule has 0 aliphatic carbocycles. The highest BCUT2D eigenvalue weighted by Crippen LogP contribution is 2.28. The van der Waals surface area contributed by atoms with Crippen molar-refractivity contribution < 1.29 is 21.6 Å². The van der Waals surface area contributed by atoms with E-state index in [1.165, 1.54) is 22.9 Å². The molecule has 0 N–H and O–H groups in total. The number of nitrogens with zero attached hydrogens (tertiary/aromatic N) is 5. The van der Waals surface area contributed by atoms with Crippen LogP contribution in [-0.2, 0) is 16.0 Å². The molecule has 3 aromatic rings. The molecule has 0 spiro atoms. The summed E-state index contributed by atoms with van der Waals surface area (Å²) in [7, 11) is -3.61. The van der Waals surface area contributed by atoms with Gasteiger partial charge in [-0.05, 0) is 12.1 Å². The van der Waals surface area contributed by atoms with Crippen LogP contribution in [-0.4, -0.2) is 39.0 Å². The van der Waals surface area contributed by atoms with Gasteiger partial charge in [0.1, 0.15) is 5.69 Å². The highest BCUT2D eigenvalue weighted by atomic mass is 32.2. The lowest BCUT2D eigenvalue weighted by atomic mass is 10.3. The molecule has 11 heteroatoms. The molecule has 3 aromatic heterocycles. The van der Waals surface area contributed by atoms with Gasteiger partial charge in [-0.1, -0.05) is 0 Å². The van der Waals surface area contributed by atoms with E-state index in [4.69, 9.17) is 0 Å². The third-order valence-electron chi connectivity index (χ3n) is 2.90. The van der Waals surface area contributed by atoms with Crippen LogP contribution in [0, 0.1) is 0 Å². The molecule has 3 heterocycles. The second-order valence-electron chi connectivity index (χ2n) is 4.62. The number of fused-ring (bicyclic) bond motifs is 1. The van der Waals surface area contributed by atoms with Crippen LogP contribution in [0.1, 0.15) is 5.69 Å². The monoisotopic (exact) mass is 343 g/mol. The highest BCUT2D eigenvalue weighted by molar-refractivity contribution is 7.90. The van der Waals surface area contributed by atoms with E-state index in [0.29, 0.717) is 5.69 Å². The first-order valence-corrected chi connectivity index (χ1v) is 8.00. The van der Waals surface area contributed by atoms with E-state index in [9.17, 15) is 21.6 Å². The van der Waals surface area contributed by atoms with Crippen molar-refractivity contribution in [1.82, 2.24) is 24.3 Å². The molecule has 0 aliphatic rings. The number of rotatable bonds is 2. The second-order valence-corrected chi connectivity index (χ2v) is 6.53. The molecule has 0 bridgehead atoms. The fourth-order valence-electron chi connectivity index (χ4n) is 1.88. The number of halogens is 3. The Hall–Kier alpha value is -2.56. The smallest absolute Gasteiger partial charge is 0.282 e. The van der Waals surface area contributed by atoms with Gasteiger partial charge in [-0.25, -0.2) is 28.4 Å². The topological polar surface area (TPSA) is 90.1 Å². The zero-order valence-corrected chi connectivity index (χ0v) is 12.3. The van der Waals surface area contributed by atoms with Gasteiger partial charge in [0.15, 0.2) is 0 Å². The molecule has 3 rings (SSSR count). The molecule has 0 atom stereocenters. The lowest BCUT2D eigenvalue weighted by Crippen LogP contribution is -2.09. The summed E-state index contributed by atoms with van der Waals surface area (Å²) >= 11 is 0. The maximum atomic E-state index is 12.6. The quantitative estimate of drug-likeness (QED) is 0.657. The molecule has 7 nitrogen and oxygen atoms in total. The van der Waals surface area contributed by atoms with E-state index < -0.39 is 21.7 Å². The third-order valence-corrected chi connectivity index (χ3v) is 3.76. The van der Waals surface area contributed by atoms with Crippen molar-refractivity contribution in [3.8, 4) is 11.4 Å². The van der Waals surface area contributed by atoms with Crippen LogP contribution in [0.25, 0.3) is 17.2 Å². The van der Waals surface area contributed by atoms with Gasteiger partial charge in [0.25, 0.3) is 0 Å². The Morgan fingerprint density at radius 1 is 1.13 bits per heavy atom. The molecule has 0 amide bonds. The van der Waals surface area contributed by atoms with Gasteiger partial charge >= 0.3 is 6.18 Å². The lowest BCUT2D eigenvalue weighted by molar-refractivity contribution is -0.141. The van der Waals surface area contributed by atoms with E-state index in [1.807, 2.05) is 0 Å². The van der Waals surface area contributed by atoms with E-state index in [-0.39, 0.29) is 16.6 Å². The van der Waals surface area contributed by atoms with Gasteiger partial charge in [-0.3, -0.25) is 4.40 Å². The molecule has 0 saturated heterocycles. The molecule has 0 radical (unpaired) electrons. The van der Waals surface area contributed by atoms with Crippen LogP contribution in [0.4, 0.5) is 13.2 Å². The van der Waals surface area contributed by atoms with Crippen molar-refractivity contribution in [1.29, 1.82) is 0 Å². The zero-order chi connectivity index (χ0) is 16.8. The summed E-state index contributed by atoms with van der Waals surface area (Å²) < 4.78 is 62.2. The van der Waals surface area contributed by atoms with E-state index in [1.54, 1.807) is 0 Å². The van der Waals surface area contributed by atoms with Crippen LogP contribution in [0.3, 0.4) is 0 Å². The molecule has 0 aromatic carbocycles. The van der Waals surface area contributed by atoms with Crippen LogP contribution in [0.15, 0.2) is 35.9 Å². The van der Waals surface area contributed by atoms with E-state index in [2.05, 4.69) is 19.9 Å². The summed E-state index contributed by atoms with van der Waals surface area (Å²) in [6, 6.07) is 2.23. The molecule has 0 saturated carbocycles. The molecular formula is C12H8F3N5O2S. The lowest BCUT2D eigenvalue weighted by Gasteiger charge is -2.06. The number of aromatic nitrogens is 5. The summed E-state index contributed by atoms with van der Waals surface area (Å²) in [6.07, 6.45) is 0.0340. The Labute approximate surface area is 127 Å². The summed E-state index contributed by atoms with van der Waals surface area (Å²) in [5.41, 5.74) is -0.565. The minimum Gasteiger partial charge on any atom is -0.282 e. The minimum atomic E-state index is -4.58. The Bertz CT molecular complexity index is 997. The highest BCUT2D eigenvalue weighted by Gasteiger charge is 2.33. The van der Waals surface area contributed by atoms with Crippen LogP contribution >= 0.6 is 0 Å². The van der Waals surface area contributed by atoms with Crippen molar-refractivity contribution >= 4 is 15.6 Å². The number of hydrogen-bond donors (Lipinski definition) is 0. The normalized spacial score (nSPS) is 12.7. The van der Waals surface area contributed by atoms with Crippen LogP contribution < -0.4 is 0 Å². The van der Waals surface area contributed by atoms with Gasteiger partial charge in [0.2, 0.25) is 20.8 Å². The summed E-state index contributed by atoms with van der Waals surface area (Å²) in [6.45, 7) is 0. The predicted molar refractivity (Wildman–Crippen MR) is 72.1 cm³/mol. The summed E-state index contributed by atoms with van der Waals surface area (Å²) in [5, 5.41) is -0.384. The Balaban J connectivity index is 2.15. The Morgan fingerprint density at radius 2 is 1.87 bits per heavy atom. The standard InChI is InChI=1S/C12H8F3N5O2S/c1-23(21,22)11-16-4-2-7(18-11)8-6-17-10-19-9(12(13,14)15)3-5-20(8)10/h2-6H,1H3. The molecule has 0 aliphatic heterocycles. The molecular weight excluding hydrogens is 335 g/mol. The van der Waals surface area contributed by atoms with Crippen LogP contribution in [0.5, 0.6) is 0 Å². The maximum absolute atomic E-state index is 12.6. The number of sulfone groups is 1. The van der Waals surface area contributed by atoms with Crippen LogP contribution in [0.2, 0.25) is 0 Å². The van der Waals surface area contributed by atoms with Crippen molar-refractivity contribution in [2.75, 3.05) is 6.26 Å². The van der Waals surface area contributed by atoms with Gasteiger partial charge in [0.05, 0.1) is 17.6 Å². The van der Waals surface area contributed by atoms with Gasteiger partial charge in [-0.2, -0.15) is 13.2 Å². The Kier molecular flexibility index (Phi) is 3.32. The fourth-order valence-corrected chi connectivity index (χ4v) is 2.40. The van der Waals surface area contributed by atoms with Gasteiger partial charge in [0, 0.05) is 18.6 Å². The Morgan fingerprint density at radius 3 is 2.52 bits per heavy atom. The SMILES string of the molecule is CS(=O)(=O)c1nccc(-c2cnc3nc(C(F)(F)F)ccn23)n1. The minimum absolute atomic E-state index is 0.172. The first-order valence-electron chi connectivity index (χ1n) is 6.11. The zero-order valence-electron chi connectivity index (χ0n) is 11.5. The maximum Gasteiger partial charge on any atom is 0.433 e. The average Bonchev–Trinajstić information content (AvgIpc) is 2.88. The van der Waals surface area contributed by atoms with Crippen molar-refractivity contribution in [2.24, 2.45) is 0 Å². The molecule has 23 heavy (non-hydrogen) atoms. The first-order chi connectivity index (χ1) is 10.7. The largest absolute Gasteiger partial charge is 0.433 e.